The van der Waals surface area contributed by atoms with Crippen molar-refractivity contribution in [3.05, 3.63) is 34.5 Å². The van der Waals surface area contributed by atoms with Crippen molar-refractivity contribution in [3.8, 4) is 0 Å². The van der Waals surface area contributed by atoms with Gasteiger partial charge in [0.1, 0.15) is 11.6 Å². The lowest BCUT2D eigenvalue weighted by Gasteiger charge is -2.32. The minimum absolute atomic E-state index is 0.231. The summed E-state index contributed by atoms with van der Waals surface area (Å²) in [4.78, 5) is 16.7. The van der Waals surface area contributed by atoms with Crippen molar-refractivity contribution in [2.75, 3.05) is 6.61 Å². The number of nitrogens with zero attached hydrogens (tertiary/aromatic N) is 1. The molecular weight excluding hydrogens is 272 g/mol. The Labute approximate surface area is 122 Å². The average molecular weight is 290 g/mol. The Kier molecular flexibility index (Phi) is 3.61. The minimum Gasteiger partial charge on any atom is -0.497 e. The molecule has 1 aromatic heterocycles. The summed E-state index contributed by atoms with van der Waals surface area (Å²) in [5.41, 5.74) is 7.06. The van der Waals surface area contributed by atoms with Gasteiger partial charge in [0.2, 0.25) is 5.91 Å². The fourth-order valence-electron chi connectivity index (χ4n) is 2.95. The van der Waals surface area contributed by atoms with E-state index in [2.05, 4.69) is 0 Å². The molecular formula is C15H18N2O2S. The van der Waals surface area contributed by atoms with Gasteiger partial charge >= 0.3 is 0 Å². The smallest absolute Gasteiger partial charge is 0.229 e. The van der Waals surface area contributed by atoms with Crippen molar-refractivity contribution in [3.63, 3.8) is 0 Å². The molecule has 0 atom stereocenters. The fourth-order valence-corrected chi connectivity index (χ4v) is 3.89. The first-order chi connectivity index (χ1) is 9.72. The number of allylic oxidation sites excluding steroid dienone is 2. The predicted octanol–water partition coefficient (Wildman–Crippen LogP) is 2.76. The topological polar surface area (TPSA) is 65.2 Å². The quantitative estimate of drug-likeness (QED) is 0.931. The molecule has 106 valence electrons. The molecule has 20 heavy (non-hydrogen) atoms. The first-order valence-electron chi connectivity index (χ1n) is 6.97. The van der Waals surface area contributed by atoms with Crippen LogP contribution in [-0.4, -0.2) is 17.5 Å². The van der Waals surface area contributed by atoms with Gasteiger partial charge in [0.05, 0.1) is 17.4 Å². The van der Waals surface area contributed by atoms with Crippen LogP contribution in [0.15, 0.2) is 23.8 Å². The molecule has 1 aliphatic heterocycles. The van der Waals surface area contributed by atoms with Crippen molar-refractivity contribution < 1.29 is 9.53 Å². The number of amides is 1. The van der Waals surface area contributed by atoms with Gasteiger partial charge in [-0.3, -0.25) is 4.79 Å². The molecule has 0 spiro atoms. The van der Waals surface area contributed by atoms with Crippen molar-refractivity contribution in [2.24, 2.45) is 5.73 Å². The normalized spacial score (nSPS) is 21.1. The average Bonchev–Trinajstić information content (AvgIpc) is 2.99. The van der Waals surface area contributed by atoms with Crippen LogP contribution in [-0.2, 0) is 14.9 Å². The van der Waals surface area contributed by atoms with E-state index in [1.54, 1.807) is 17.6 Å². The molecule has 0 aromatic carbocycles. The molecule has 5 heteroatoms. The molecule has 0 saturated heterocycles. The maximum absolute atomic E-state index is 12.0. The van der Waals surface area contributed by atoms with Crippen LogP contribution in [0.5, 0.6) is 0 Å². The number of carbonyl (C=O) groups is 1. The van der Waals surface area contributed by atoms with Crippen LogP contribution in [0.1, 0.15) is 42.8 Å². The van der Waals surface area contributed by atoms with Crippen LogP contribution >= 0.6 is 11.3 Å². The third-order valence-electron chi connectivity index (χ3n) is 4.16. The van der Waals surface area contributed by atoms with Gasteiger partial charge in [-0.15, -0.1) is 11.3 Å². The highest BCUT2D eigenvalue weighted by molar-refractivity contribution is 7.10. The molecule has 2 heterocycles. The molecule has 1 fully saturated rings. The zero-order chi connectivity index (χ0) is 14.0. The summed E-state index contributed by atoms with van der Waals surface area (Å²) in [5, 5.41) is 2.93. The van der Waals surface area contributed by atoms with E-state index in [0.29, 0.717) is 6.61 Å². The number of ether oxygens (including phenoxy) is 1. The standard InChI is InChI=1S/C15H18N2O2S/c16-14(18)15(6-2-1-3-7-15)12-10-20-13(17-12)11-4-8-19-9-5-11/h4-5,8,10H,1-3,6-7,9H2,(H2,16,18). The minimum atomic E-state index is -0.553. The van der Waals surface area contributed by atoms with Gasteiger partial charge < -0.3 is 10.5 Å². The molecule has 4 nitrogen and oxygen atoms in total. The molecule has 0 unspecified atom stereocenters. The summed E-state index contributed by atoms with van der Waals surface area (Å²) < 4.78 is 5.15. The number of thiazole rings is 1. The highest BCUT2D eigenvalue weighted by atomic mass is 32.1. The second-order valence-corrected chi connectivity index (χ2v) is 6.20. The lowest BCUT2D eigenvalue weighted by molar-refractivity contribution is -0.124. The van der Waals surface area contributed by atoms with E-state index in [9.17, 15) is 4.79 Å². The predicted molar refractivity (Wildman–Crippen MR) is 79.1 cm³/mol. The Morgan fingerprint density at radius 2 is 2.15 bits per heavy atom. The number of rotatable bonds is 3. The number of hydrogen-bond acceptors (Lipinski definition) is 4. The second kappa shape index (κ2) is 5.40. The third kappa shape index (κ3) is 2.26. The molecule has 1 saturated carbocycles. The number of hydrogen-bond donors (Lipinski definition) is 1. The summed E-state index contributed by atoms with van der Waals surface area (Å²) >= 11 is 1.57. The van der Waals surface area contributed by atoms with Crippen LogP contribution in [0.3, 0.4) is 0 Å². The number of aromatic nitrogens is 1. The molecule has 0 bridgehead atoms. The monoisotopic (exact) mass is 290 g/mol. The van der Waals surface area contributed by atoms with E-state index >= 15 is 0 Å². The third-order valence-corrected chi connectivity index (χ3v) is 5.05. The zero-order valence-electron chi connectivity index (χ0n) is 11.3. The molecule has 3 rings (SSSR count). The number of nitrogens with two attached hydrogens (primary N) is 1. The zero-order valence-corrected chi connectivity index (χ0v) is 12.1. The Morgan fingerprint density at radius 1 is 1.35 bits per heavy atom. The van der Waals surface area contributed by atoms with Crippen molar-refractivity contribution in [1.82, 2.24) is 4.98 Å². The maximum Gasteiger partial charge on any atom is 0.229 e. The first kappa shape index (κ1) is 13.4. The lowest BCUT2D eigenvalue weighted by Crippen LogP contribution is -2.43. The SMILES string of the molecule is NC(=O)C1(c2csc(C3=CCOC=C3)n2)CCCCC1. The van der Waals surface area contributed by atoms with Crippen molar-refractivity contribution in [1.29, 1.82) is 0 Å². The fraction of sp³-hybridized carbons (Fsp3) is 0.467. The van der Waals surface area contributed by atoms with E-state index in [0.717, 1.165) is 42.0 Å². The van der Waals surface area contributed by atoms with E-state index < -0.39 is 5.41 Å². The van der Waals surface area contributed by atoms with Crippen LogP contribution in [0.25, 0.3) is 5.57 Å². The van der Waals surface area contributed by atoms with Gasteiger partial charge in [-0.1, -0.05) is 19.3 Å². The summed E-state index contributed by atoms with van der Waals surface area (Å²) in [6.45, 7) is 0.571. The van der Waals surface area contributed by atoms with Gasteiger partial charge in [-0.25, -0.2) is 4.98 Å². The van der Waals surface area contributed by atoms with Gasteiger partial charge in [-0.2, -0.15) is 0 Å². The molecule has 2 N–H and O–H groups in total. The molecule has 1 amide bonds. The van der Waals surface area contributed by atoms with E-state index in [4.69, 9.17) is 15.5 Å². The number of primary amides is 1. The van der Waals surface area contributed by atoms with Gasteiger partial charge in [0, 0.05) is 11.0 Å². The molecule has 1 aliphatic carbocycles. The summed E-state index contributed by atoms with van der Waals surface area (Å²) in [6.07, 6.45) is 10.5. The van der Waals surface area contributed by atoms with Crippen LogP contribution in [0, 0.1) is 0 Å². The van der Waals surface area contributed by atoms with Crippen LogP contribution < -0.4 is 5.73 Å². The highest BCUT2D eigenvalue weighted by Gasteiger charge is 2.41. The lowest BCUT2D eigenvalue weighted by atomic mass is 9.71. The Hall–Kier alpha value is -1.62. The van der Waals surface area contributed by atoms with E-state index in [1.807, 2.05) is 17.5 Å². The summed E-state index contributed by atoms with van der Waals surface area (Å²) in [6, 6.07) is 0. The Bertz CT molecular complexity index is 568. The second-order valence-electron chi connectivity index (χ2n) is 5.34. The van der Waals surface area contributed by atoms with Gasteiger partial charge in [0.15, 0.2) is 0 Å². The van der Waals surface area contributed by atoms with Crippen LogP contribution in [0.2, 0.25) is 0 Å². The molecule has 1 aromatic rings. The number of carbonyl (C=O) groups excluding carboxylic acids is 1. The Balaban J connectivity index is 1.93. The largest absolute Gasteiger partial charge is 0.497 e. The van der Waals surface area contributed by atoms with Crippen molar-refractivity contribution in [2.45, 2.75) is 37.5 Å². The van der Waals surface area contributed by atoms with Crippen LogP contribution in [0.4, 0.5) is 0 Å². The van der Waals surface area contributed by atoms with Gasteiger partial charge in [0.25, 0.3) is 0 Å². The van der Waals surface area contributed by atoms with E-state index in [1.165, 1.54) is 6.42 Å². The molecule has 2 aliphatic rings. The Morgan fingerprint density at radius 3 is 2.80 bits per heavy atom. The van der Waals surface area contributed by atoms with Gasteiger partial charge in [-0.05, 0) is 25.0 Å². The molecule has 0 radical (unpaired) electrons. The summed E-state index contributed by atoms with van der Waals surface area (Å²) in [7, 11) is 0. The van der Waals surface area contributed by atoms with E-state index in [-0.39, 0.29) is 5.91 Å². The highest BCUT2D eigenvalue weighted by Crippen LogP contribution is 2.40. The van der Waals surface area contributed by atoms with Crippen molar-refractivity contribution >= 4 is 22.8 Å². The first-order valence-corrected chi connectivity index (χ1v) is 7.85. The summed E-state index contributed by atoms with van der Waals surface area (Å²) in [5.74, 6) is -0.231. The maximum atomic E-state index is 12.0.